The highest BCUT2D eigenvalue weighted by Gasteiger charge is 2.30. The number of aliphatic hydroxyl groups is 1. The summed E-state index contributed by atoms with van der Waals surface area (Å²) in [5.74, 6) is 0.199. The van der Waals surface area contributed by atoms with Gasteiger partial charge < -0.3 is 33.8 Å². The molecule has 0 fully saturated rings. The first kappa shape index (κ1) is 89.1. The third kappa shape index (κ3) is 63.9. The molecule has 0 spiro atoms. The highest BCUT2D eigenvalue weighted by molar-refractivity contribution is 7.47. The van der Waals surface area contributed by atoms with Gasteiger partial charge in [-0.2, -0.15) is 0 Å². The van der Waals surface area contributed by atoms with Gasteiger partial charge in [0, 0.05) is 25.7 Å². The van der Waals surface area contributed by atoms with Crippen LogP contribution in [-0.2, 0) is 65.4 Å². The van der Waals surface area contributed by atoms with E-state index in [4.69, 9.17) is 37.0 Å². The Hall–Kier alpha value is -1.94. The van der Waals surface area contributed by atoms with Crippen LogP contribution in [-0.4, -0.2) is 96.7 Å². The lowest BCUT2D eigenvalue weighted by Crippen LogP contribution is -2.30. The first-order valence-corrected chi connectivity index (χ1v) is 40.4. The Balaban J connectivity index is 5.24. The summed E-state index contributed by atoms with van der Waals surface area (Å²) in [5, 5.41) is 10.6. The molecule has 0 saturated carbocycles. The fraction of sp³-hybridized carbons (Fsp3) is 0.944. The van der Waals surface area contributed by atoms with Crippen molar-refractivity contribution in [3.8, 4) is 0 Å². The first-order chi connectivity index (χ1) is 43.8. The van der Waals surface area contributed by atoms with Gasteiger partial charge in [0.05, 0.1) is 26.4 Å². The Morgan fingerprint density at radius 1 is 0.319 bits per heavy atom. The molecule has 0 aromatic heterocycles. The molecule has 91 heavy (non-hydrogen) atoms. The minimum Gasteiger partial charge on any atom is -0.462 e. The molecule has 0 aromatic rings. The van der Waals surface area contributed by atoms with Gasteiger partial charge >= 0.3 is 39.5 Å². The molecule has 540 valence electrons. The zero-order valence-electron chi connectivity index (χ0n) is 59.3. The molecule has 3 N–H and O–H groups in total. The topological polar surface area (TPSA) is 237 Å². The van der Waals surface area contributed by atoms with Crippen molar-refractivity contribution in [3.05, 3.63) is 0 Å². The normalized spacial score (nSPS) is 14.8. The summed E-state index contributed by atoms with van der Waals surface area (Å²) in [6.07, 6.45) is 47.1. The summed E-state index contributed by atoms with van der Waals surface area (Å²) in [6, 6.07) is 0. The number of aliphatic hydroxyl groups excluding tert-OH is 1. The van der Waals surface area contributed by atoms with Gasteiger partial charge in [-0.3, -0.25) is 37.3 Å². The number of rotatable bonds is 70. The van der Waals surface area contributed by atoms with Crippen LogP contribution in [0.4, 0.5) is 0 Å². The van der Waals surface area contributed by atoms with Crippen LogP contribution >= 0.6 is 15.6 Å². The molecule has 0 aliphatic rings. The molecule has 0 aromatic carbocycles. The van der Waals surface area contributed by atoms with Crippen LogP contribution in [0.2, 0.25) is 0 Å². The van der Waals surface area contributed by atoms with E-state index in [0.717, 1.165) is 108 Å². The predicted octanol–water partition coefficient (Wildman–Crippen LogP) is 20.6. The third-order valence-corrected chi connectivity index (χ3v) is 19.3. The van der Waals surface area contributed by atoms with E-state index in [1.807, 2.05) is 0 Å². The SMILES string of the molecule is CCCCCCCCCCCCC(=O)OC[C@H](COP(=O)(O)OC[C@H](O)COP(=O)(O)OC[C@@H](COC(=O)CCCCCCCCCCCCC(C)CC)OC(=O)CCCCCCCCCCCCCCCCC(C)C)OC(=O)CCCCCCCCC(C)CC. The van der Waals surface area contributed by atoms with Crippen molar-refractivity contribution in [2.45, 2.75) is 381 Å². The summed E-state index contributed by atoms with van der Waals surface area (Å²) in [5.41, 5.74) is 0. The maximum atomic E-state index is 13.0. The lowest BCUT2D eigenvalue weighted by molar-refractivity contribution is -0.161. The molecule has 17 nitrogen and oxygen atoms in total. The molecular weight excluding hydrogens is 1200 g/mol. The maximum absolute atomic E-state index is 13.0. The van der Waals surface area contributed by atoms with E-state index in [1.54, 1.807) is 0 Å². The van der Waals surface area contributed by atoms with Crippen molar-refractivity contribution >= 4 is 39.5 Å². The summed E-state index contributed by atoms with van der Waals surface area (Å²) in [6.45, 7) is 11.9. The molecule has 0 rings (SSSR count). The zero-order chi connectivity index (χ0) is 67.3. The number of phosphoric ester groups is 2. The highest BCUT2D eigenvalue weighted by atomic mass is 31.2. The minimum absolute atomic E-state index is 0.103. The molecule has 0 amide bonds. The maximum Gasteiger partial charge on any atom is 0.472 e. The number of phosphoric acid groups is 2. The molecule has 0 saturated heterocycles. The number of ether oxygens (including phenoxy) is 4. The predicted molar refractivity (Wildman–Crippen MR) is 368 cm³/mol. The molecule has 7 atom stereocenters. The average molecular weight is 1340 g/mol. The molecule has 4 unspecified atom stereocenters. The largest absolute Gasteiger partial charge is 0.472 e. The van der Waals surface area contributed by atoms with Crippen molar-refractivity contribution in [3.63, 3.8) is 0 Å². The van der Waals surface area contributed by atoms with E-state index in [9.17, 15) is 43.2 Å². The molecule has 0 heterocycles. The molecule has 0 radical (unpaired) electrons. The lowest BCUT2D eigenvalue weighted by Gasteiger charge is -2.21. The smallest absolute Gasteiger partial charge is 0.462 e. The minimum atomic E-state index is -4.95. The van der Waals surface area contributed by atoms with E-state index in [0.29, 0.717) is 25.7 Å². The Kier molecular flexibility index (Phi) is 61.5. The monoisotopic (exact) mass is 1340 g/mol. The van der Waals surface area contributed by atoms with E-state index >= 15 is 0 Å². The van der Waals surface area contributed by atoms with Crippen LogP contribution in [0.15, 0.2) is 0 Å². The summed E-state index contributed by atoms with van der Waals surface area (Å²) in [4.78, 5) is 72.6. The number of hydrogen-bond acceptors (Lipinski definition) is 15. The van der Waals surface area contributed by atoms with Crippen LogP contribution in [0.3, 0.4) is 0 Å². The second-order valence-corrected chi connectivity index (χ2v) is 29.8. The molecule has 0 aliphatic heterocycles. The first-order valence-electron chi connectivity index (χ1n) is 37.4. The van der Waals surface area contributed by atoms with Gasteiger partial charge in [-0.25, -0.2) is 9.13 Å². The Labute approximate surface area is 556 Å². The third-order valence-electron chi connectivity index (χ3n) is 17.4. The van der Waals surface area contributed by atoms with E-state index in [1.165, 1.54) is 173 Å². The van der Waals surface area contributed by atoms with Crippen LogP contribution in [0, 0.1) is 17.8 Å². The van der Waals surface area contributed by atoms with E-state index in [2.05, 4.69) is 48.5 Å². The molecule has 0 bridgehead atoms. The standard InChI is InChI=1S/C72H140O17P2/c1-8-11-12-13-14-15-26-31-39-46-53-69(74)83-60-68(89-72(77)56-49-42-35-34-38-45-52-65(7)10-3)62-87-91(80,81)85-58-66(73)57-84-90(78,79)86-61-67(59-82-70(75)54-47-40-32-27-23-22-25-30-37-44-51-64(6)9-2)88-71(76)55-48-41-33-28-21-19-17-16-18-20-24-29-36-43-50-63(4)5/h63-68,73H,8-62H2,1-7H3,(H,78,79)(H,80,81)/t64?,65?,66-,67-,68-/m1/s1. The Morgan fingerprint density at radius 3 is 0.835 bits per heavy atom. The van der Waals surface area contributed by atoms with Gasteiger partial charge in [-0.05, 0) is 43.4 Å². The van der Waals surface area contributed by atoms with Gasteiger partial charge in [0.15, 0.2) is 12.2 Å². The van der Waals surface area contributed by atoms with Gasteiger partial charge in [0.2, 0.25) is 0 Å². The summed E-state index contributed by atoms with van der Waals surface area (Å²) >= 11 is 0. The van der Waals surface area contributed by atoms with Gasteiger partial charge in [0.1, 0.15) is 19.3 Å². The number of carbonyl (C=O) groups is 4. The average Bonchev–Trinajstić information content (AvgIpc) is 2.81. The van der Waals surface area contributed by atoms with Crippen molar-refractivity contribution in [1.82, 2.24) is 0 Å². The second kappa shape index (κ2) is 62.8. The summed E-state index contributed by atoms with van der Waals surface area (Å²) < 4.78 is 68.3. The highest BCUT2D eigenvalue weighted by Crippen LogP contribution is 2.45. The number of unbranched alkanes of at least 4 members (excludes halogenated alkanes) is 36. The van der Waals surface area contributed by atoms with Crippen LogP contribution in [0.1, 0.15) is 363 Å². The summed E-state index contributed by atoms with van der Waals surface area (Å²) in [7, 11) is -9.90. The van der Waals surface area contributed by atoms with Gasteiger partial charge in [-0.1, -0.05) is 312 Å². The number of hydrogen-bond donors (Lipinski definition) is 3. The lowest BCUT2D eigenvalue weighted by atomic mass is 9.99. The van der Waals surface area contributed by atoms with Gasteiger partial charge in [0.25, 0.3) is 0 Å². The molecule has 19 heteroatoms. The Morgan fingerprint density at radius 2 is 0.560 bits per heavy atom. The van der Waals surface area contributed by atoms with Gasteiger partial charge in [-0.15, -0.1) is 0 Å². The van der Waals surface area contributed by atoms with Crippen LogP contribution in [0.25, 0.3) is 0 Å². The van der Waals surface area contributed by atoms with Crippen molar-refractivity contribution < 1.29 is 80.2 Å². The second-order valence-electron chi connectivity index (χ2n) is 26.9. The van der Waals surface area contributed by atoms with Crippen molar-refractivity contribution in [1.29, 1.82) is 0 Å². The van der Waals surface area contributed by atoms with Crippen LogP contribution < -0.4 is 0 Å². The number of carbonyl (C=O) groups excluding carboxylic acids is 4. The molecular formula is C72H140O17P2. The van der Waals surface area contributed by atoms with E-state index in [-0.39, 0.29) is 25.7 Å². The zero-order valence-corrected chi connectivity index (χ0v) is 61.1. The fourth-order valence-electron chi connectivity index (χ4n) is 10.8. The fourth-order valence-corrected chi connectivity index (χ4v) is 12.4. The van der Waals surface area contributed by atoms with Crippen LogP contribution in [0.5, 0.6) is 0 Å². The van der Waals surface area contributed by atoms with Crippen molar-refractivity contribution in [2.75, 3.05) is 39.6 Å². The quantitative estimate of drug-likeness (QED) is 0.0222. The number of esters is 4. The van der Waals surface area contributed by atoms with E-state index < -0.39 is 97.5 Å². The Bertz CT molecular complexity index is 1790. The molecule has 0 aliphatic carbocycles. The van der Waals surface area contributed by atoms with Crippen molar-refractivity contribution in [2.24, 2.45) is 17.8 Å².